The number of rotatable bonds is 5. The first-order valence-electron chi connectivity index (χ1n) is 9.94. The molecule has 2 aromatic carbocycles. The molecule has 0 spiro atoms. The molecule has 170 valence electrons. The molecule has 3 heterocycles. The number of methoxy groups -OCH3 is 1. The van der Waals surface area contributed by atoms with Gasteiger partial charge in [0.15, 0.2) is 11.3 Å². The van der Waals surface area contributed by atoms with E-state index in [9.17, 15) is 13.2 Å². The minimum atomic E-state index is -3.45. The zero-order chi connectivity index (χ0) is 23.2. The molecule has 3 aromatic rings. The summed E-state index contributed by atoms with van der Waals surface area (Å²) >= 11 is 1.21. The minimum absolute atomic E-state index is 0.0412. The van der Waals surface area contributed by atoms with E-state index in [4.69, 9.17) is 13.9 Å². The van der Waals surface area contributed by atoms with Crippen LogP contribution in [0.5, 0.6) is 5.75 Å². The van der Waals surface area contributed by atoms with E-state index < -0.39 is 22.1 Å². The lowest BCUT2D eigenvalue weighted by atomic mass is 10.2. The smallest absolute Gasteiger partial charge is 0.338 e. The van der Waals surface area contributed by atoms with Crippen LogP contribution in [0.3, 0.4) is 0 Å². The van der Waals surface area contributed by atoms with Gasteiger partial charge in [0.2, 0.25) is 5.89 Å². The van der Waals surface area contributed by atoms with E-state index in [1.165, 1.54) is 11.8 Å². The lowest BCUT2D eigenvalue weighted by Crippen LogP contribution is -2.35. The number of fused-ring (bicyclic) bond motifs is 3. The number of carbonyl (C=O) groups excluding carboxylic acids is 1. The van der Waals surface area contributed by atoms with Crippen LogP contribution in [0, 0.1) is 0 Å². The van der Waals surface area contributed by atoms with Gasteiger partial charge in [-0.2, -0.15) is 0 Å². The summed E-state index contributed by atoms with van der Waals surface area (Å²) in [6.45, 7) is 1.97. The average Bonchev–Trinajstić information content (AvgIpc) is 3.42. The molecule has 0 unspecified atom stereocenters. The molecule has 0 saturated heterocycles. The second-order valence-electron chi connectivity index (χ2n) is 7.32. The molecule has 0 N–H and O–H groups in total. The van der Waals surface area contributed by atoms with Gasteiger partial charge < -0.3 is 18.8 Å². The highest BCUT2D eigenvalue weighted by atomic mass is 32.2. The Morgan fingerprint density at radius 3 is 2.73 bits per heavy atom. The first-order chi connectivity index (χ1) is 15.8. The predicted molar refractivity (Wildman–Crippen MR) is 121 cm³/mol. The van der Waals surface area contributed by atoms with Crippen LogP contribution in [0.2, 0.25) is 0 Å². The minimum Gasteiger partial charge on any atom is -0.497 e. The summed E-state index contributed by atoms with van der Waals surface area (Å²) in [6.07, 6.45) is -0.765. The number of nitrogens with zero attached hydrogens (tertiary/aromatic N) is 4. The summed E-state index contributed by atoms with van der Waals surface area (Å²) in [4.78, 5) is 15.3. The highest BCUT2D eigenvalue weighted by Crippen LogP contribution is 2.42. The number of anilines is 1. The fraction of sp³-hybridized carbons (Fsp3) is 0.238. The Balaban J connectivity index is 1.29. The number of thioether (sulfide) groups is 1. The summed E-state index contributed by atoms with van der Waals surface area (Å²) in [6, 6.07) is 12.2. The Morgan fingerprint density at radius 2 is 1.97 bits per heavy atom. The topological polar surface area (TPSA) is 124 Å². The van der Waals surface area contributed by atoms with Crippen LogP contribution in [-0.2, 0) is 14.8 Å². The van der Waals surface area contributed by atoms with Gasteiger partial charge in [-0.3, -0.25) is 0 Å². The number of benzene rings is 2. The standard InChI is InChI=1S/C21H18N4O6S2/c1-12(18-22-23-19(31-18)13-3-6-15(29-2)7-4-13)30-20(26)14-5-8-16-17(11-14)32-21-24-33(27,28)10-9-25(16)21/h3-8,11-12H,9-10H2,1-2H3/t12-/m0/s1. The lowest BCUT2D eigenvalue weighted by Gasteiger charge is -2.22. The Morgan fingerprint density at radius 1 is 1.18 bits per heavy atom. The number of esters is 1. The highest BCUT2D eigenvalue weighted by molar-refractivity contribution is 8.15. The van der Waals surface area contributed by atoms with Gasteiger partial charge in [-0.1, -0.05) is 0 Å². The van der Waals surface area contributed by atoms with Crippen LogP contribution in [0.15, 0.2) is 56.2 Å². The number of aromatic nitrogens is 2. The second kappa shape index (κ2) is 8.19. The quantitative estimate of drug-likeness (QED) is 0.496. The van der Waals surface area contributed by atoms with Gasteiger partial charge in [-0.25, -0.2) is 13.2 Å². The van der Waals surface area contributed by atoms with Gasteiger partial charge in [0.25, 0.3) is 15.9 Å². The molecule has 0 bridgehead atoms. The third kappa shape index (κ3) is 4.18. The fourth-order valence-electron chi connectivity index (χ4n) is 3.39. The van der Waals surface area contributed by atoms with Crippen molar-refractivity contribution in [2.45, 2.75) is 17.9 Å². The van der Waals surface area contributed by atoms with Gasteiger partial charge in [0, 0.05) is 17.0 Å². The van der Waals surface area contributed by atoms with Gasteiger partial charge in [-0.15, -0.1) is 14.6 Å². The summed E-state index contributed by atoms with van der Waals surface area (Å²) < 4.78 is 43.7. The van der Waals surface area contributed by atoms with Crippen molar-refractivity contribution in [3.63, 3.8) is 0 Å². The van der Waals surface area contributed by atoms with Crippen LogP contribution in [-0.4, -0.2) is 49.2 Å². The summed E-state index contributed by atoms with van der Waals surface area (Å²) in [5, 5.41) is 8.41. The van der Waals surface area contributed by atoms with Gasteiger partial charge in [-0.05, 0) is 61.2 Å². The summed E-state index contributed by atoms with van der Waals surface area (Å²) in [5.41, 5.74) is 1.86. The van der Waals surface area contributed by atoms with Crippen LogP contribution >= 0.6 is 11.8 Å². The number of ether oxygens (including phenoxy) is 2. The van der Waals surface area contributed by atoms with Crippen LogP contribution in [0.25, 0.3) is 11.5 Å². The average molecular weight is 487 g/mol. The number of amidine groups is 1. The molecule has 2 aliphatic rings. The van der Waals surface area contributed by atoms with Crippen molar-refractivity contribution in [2.24, 2.45) is 4.40 Å². The summed E-state index contributed by atoms with van der Waals surface area (Å²) in [5.74, 6) is 0.575. The van der Waals surface area contributed by atoms with E-state index in [-0.39, 0.29) is 11.6 Å². The Labute approximate surface area is 193 Å². The molecule has 5 rings (SSSR count). The third-order valence-corrected chi connectivity index (χ3v) is 7.42. The molecule has 2 aliphatic heterocycles. The molecule has 1 aromatic heterocycles. The predicted octanol–water partition coefficient (Wildman–Crippen LogP) is 3.27. The largest absolute Gasteiger partial charge is 0.497 e. The monoisotopic (exact) mass is 486 g/mol. The van der Waals surface area contributed by atoms with Gasteiger partial charge >= 0.3 is 5.97 Å². The van der Waals surface area contributed by atoms with E-state index >= 15 is 0 Å². The van der Waals surface area contributed by atoms with E-state index in [0.29, 0.717) is 34.5 Å². The Hall–Kier alpha value is -3.38. The van der Waals surface area contributed by atoms with Crippen molar-refractivity contribution >= 4 is 38.6 Å². The Kier molecular flexibility index (Phi) is 5.33. The Bertz CT molecular complexity index is 1370. The van der Waals surface area contributed by atoms with Gasteiger partial charge in [0.05, 0.1) is 24.1 Å². The molecule has 10 nitrogen and oxygen atoms in total. The zero-order valence-electron chi connectivity index (χ0n) is 17.6. The molecule has 0 radical (unpaired) electrons. The van der Waals surface area contributed by atoms with Crippen molar-refractivity contribution in [1.82, 2.24) is 10.2 Å². The zero-order valence-corrected chi connectivity index (χ0v) is 19.2. The lowest BCUT2D eigenvalue weighted by molar-refractivity contribution is 0.0279. The molecule has 33 heavy (non-hydrogen) atoms. The molecular formula is C21H18N4O6S2. The molecular weight excluding hydrogens is 468 g/mol. The SMILES string of the molecule is COc1ccc(-c2nnc([C@H](C)OC(=O)c3ccc4c(c3)SC3=NS(=O)(=O)CCN34)o2)cc1. The number of hydrogen-bond donors (Lipinski definition) is 0. The number of hydrogen-bond acceptors (Lipinski definition) is 10. The number of sulfonamides is 1. The van der Waals surface area contributed by atoms with E-state index in [2.05, 4.69) is 14.6 Å². The van der Waals surface area contributed by atoms with E-state index in [1.807, 2.05) is 4.90 Å². The molecule has 0 fully saturated rings. The summed E-state index contributed by atoms with van der Waals surface area (Å²) in [7, 11) is -1.86. The fourth-order valence-corrected chi connectivity index (χ4v) is 5.68. The van der Waals surface area contributed by atoms with E-state index in [1.54, 1.807) is 56.5 Å². The van der Waals surface area contributed by atoms with E-state index in [0.717, 1.165) is 10.6 Å². The van der Waals surface area contributed by atoms with Crippen molar-refractivity contribution in [2.75, 3.05) is 24.3 Å². The molecule has 0 saturated carbocycles. The van der Waals surface area contributed by atoms with Crippen LogP contribution in [0.1, 0.15) is 29.3 Å². The maximum Gasteiger partial charge on any atom is 0.338 e. The molecule has 12 heteroatoms. The first kappa shape index (κ1) is 21.5. The normalized spacial score (nSPS) is 17.0. The van der Waals surface area contributed by atoms with Crippen LogP contribution in [0.4, 0.5) is 5.69 Å². The maximum absolute atomic E-state index is 12.7. The van der Waals surface area contributed by atoms with Crippen LogP contribution < -0.4 is 9.64 Å². The molecule has 1 atom stereocenters. The van der Waals surface area contributed by atoms with Crippen molar-refractivity contribution in [1.29, 1.82) is 0 Å². The third-order valence-electron chi connectivity index (χ3n) is 5.12. The maximum atomic E-state index is 12.7. The number of carbonyl (C=O) groups is 1. The molecule has 0 aliphatic carbocycles. The highest BCUT2D eigenvalue weighted by Gasteiger charge is 2.33. The van der Waals surface area contributed by atoms with Crippen molar-refractivity contribution in [3.8, 4) is 17.2 Å². The van der Waals surface area contributed by atoms with Gasteiger partial charge in [0.1, 0.15) is 5.75 Å². The van der Waals surface area contributed by atoms with Crippen molar-refractivity contribution in [3.05, 3.63) is 53.9 Å². The first-order valence-corrected chi connectivity index (χ1v) is 12.4. The second-order valence-corrected chi connectivity index (χ2v) is 10.1. The molecule has 0 amide bonds. The van der Waals surface area contributed by atoms with Crippen molar-refractivity contribution < 1.29 is 27.1 Å².